The van der Waals surface area contributed by atoms with Gasteiger partial charge in [0.1, 0.15) is 12.4 Å². The minimum atomic E-state index is -4.00. The molecule has 0 aliphatic heterocycles. The first-order chi connectivity index (χ1) is 10.6. The lowest BCUT2D eigenvalue weighted by Crippen LogP contribution is -2.48. The summed E-state index contributed by atoms with van der Waals surface area (Å²) >= 11 is 0. The fourth-order valence-electron chi connectivity index (χ4n) is 1.74. The molecule has 0 spiro atoms. The molecule has 1 atom stereocenters. The Morgan fingerprint density at radius 2 is 1.78 bits per heavy atom. The fraction of sp³-hybridized carbons (Fsp3) is 0.533. The van der Waals surface area contributed by atoms with Crippen molar-refractivity contribution in [2.24, 2.45) is 5.92 Å². The van der Waals surface area contributed by atoms with Gasteiger partial charge in [0, 0.05) is 20.1 Å². The third-order valence-electron chi connectivity index (χ3n) is 3.54. The maximum absolute atomic E-state index is 14.0. The topological polar surface area (TPSA) is 69.7 Å². The molecule has 1 rings (SSSR count). The van der Waals surface area contributed by atoms with Gasteiger partial charge in [-0.05, 0) is 25.0 Å². The lowest BCUT2D eigenvalue weighted by Gasteiger charge is -2.28. The molecular weight excluding hydrogens is 321 g/mol. The van der Waals surface area contributed by atoms with Gasteiger partial charge in [0.05, 0.1) is 5.69 Å². The molecule has 8 heteroatoms. The third kappa shape index (κ3) is 4.90. The first-order valence-corrected chi connectivity index (χ1v) is 8.71. The number of nitrogens with one attached hydrogen (secondary N) is 1. The molecule has 1 aromatic carbocycles. The van der Waals surface area contributed by atoms with E-state index in [1.54, 1.807) is 0 Å². The van der Waals surface area contributed by atoms with Crippen LogP contribution in [0.5, 0.6) is 0 Å². The van der Waals surface area contributed by atoms with E-state index in [0.717, 1.165) is 14.7 Å². The second-order valence-corrected chi connectivity index (χ2v) is 7.92. The second-order valence-electron chi connectivity index (χ2n) is 5.85. The summed E-state index contributed by atoms with van der Waals surface area (Å²) in [7, 11) is -1.34. The summed E-state index contributed by atoms with van der Waals surface area (Å²) < 4.78 is 40.6. The number of carbonyl (C=O) groups excluding carboxylic acids is 1. The Balaban J connectivity index is 3.13. The van der Waals surface area contributed by atoms with Gasteiger partial charge in [-0.3, -0.25) is 4.79 Å². The van der Waals surface area contributed by atoms with Crippen molar-refractivity contribution in [3.8, 4) is 0 Å². The number of rotatable bonds is 7. The fourth-order valence-corrected chi connectivity index (χ4v) is 2.81. The smallest absolute Gasteiger partial charge is 0.304 e. The number of para-hydroxylation sites is 1. The molecule has 1 aromatic rings. The average Bonchev–Trinajstić information content (AvgIpc) is 2.45. The van der Waals surface area contributed by atoms with Crippen LogP contribution in [0.25, 0.3) is 0 Å². The monoisotopic (exact) mass is 345 g/mol. The molecule has 6 nitrogen and oxygen atoms in total. The molecule has 1 amide bonds. The predicted octanol–water partition coefficient (Wildman–Crippen LogP) is 1.60. The van der Waals surface area contributed by atoms with Crippen LogP contribution >= 0.6 is 0 Å². The number of amides is 1. The van der Waals surface area contributed by atoms with Crippen molar-refractivity contribution >= 4 is 21.8 Å². The Bertz CT molecular complexity index is 647. The molecule has 130 valence electrons. The van der Waals surface area contributed by atoms with Gasteiger partial charge in [-0.25, -0.2) is 8.70 Å². The van der Waals surface area contributed by atoms with Gasteiger partial charge < -0.3 is 5.32 Å². The summed E-state index contributed by atoms with van der Waals surface area (Å²) in [5.41, 5.74) is -0.159. The number of anilines is 1. The van der Waals surface area contributed by atoms with Gasteiger partial charge in [0.25, 0.3) is 0 Å². The van der Waals surface area contributed by atoms with E-state index in [0.29, 0.717) is 0 Å². The quantitative estimate of drug-likeness (QED) is 0.816. The number of hydrogen-bond acceptors (Lipinski definition) is 3. The van der Waals surface area contributed by atoms with Crippen molar-refractivity contribution in [3.05, 3.63) is 30.1 Å². The molecule has 0 aliphatic rings. The highest BCUT2D eigenvalue weighted by molar-refractivity contribution is 7.90. The molecule has 1 N–H and O–H groups in total. The Hall–Kier alpha value is -1.67. The number of carbonyl (C=O) groups is 1. The van der Waals surface area contributed by atoms with Gasteiger partial charge in [-0.2, -0.15) is 12.7 Å². The maximum atomic E-state index is 14.0. The zero-order valence-electron chi connectivity index (χ0n) is 14.1. The van der Waals surface area contributed by atoms with Crippen LogP contribution in [0.2, 0.25) is 0 Å². The molecule has 0 fully saturated rings. The molecule has 1 unspecified atom stereocenters. The van der Waals surface area contributed by atoms with Crippen molar-refractivity contribution in [1.82, 2.24) is 9.62 Å². The van der Waals surface area contributed by atoms with E-state index in [-0.39, 0.29) is 17.6 Å². The van der Waals surface area contributed by atoms with Crippen molar-refractivity contribution < 1.29 is 17.6 Å². The molecule has 23 heavy (non-hydrogen) atoms. The first-order valence-electron chi connectivity index (χ1n) is 7.31. The van der Waals surface area contributed by atoms with E-state index in [1.165, 1.54) is 32.3 Å². The third-order valence-corrected chi connectivity index (χ3v) is 5.34. The Labute approximate surface area is 137 Å². The second kappa shape index (κ2) is 7.74. The molecular formula is C15H24FN3O3S. The molecule has 0 saturated heterocycles. The highest BCUT2D eigenvalue weighted by Crippen LogP contribution is 2.22. The average molecular weight is 345 g/mol. The Morgan fingerprint density at radius 3 is 2.26 bits per heavy atom. The maximum Gasteiger partial charge on any atom is 0.304 e. The normalized spacial score (nSPS) is 13.2. The molecule has 0 radical (unpaired) electrons. The summed E-state index contributed by atoms with van der Waals surface area (Å²) in [5.74, 6) is -0.992. The first kappa shape index (κ1) is 19.4. The number of benzene rings is 1. The van der Waals surface area contributed by atoms with Gasteiger partial charge in [-0.1, -0.05) is 26.0 Å². The van der Waals surface area contributed by atoms with E-state index >= 15 is 0 Å². The van der Waals surface area contributed by atoms with E-state index in [1.807, 2.05) is 20.8 Å². The summed E-state index contributed by atoms with van der Waals surface area (Å²) in [6, 6.07) is 5.34. The van der Waals surface area contributed by atoms with E-state index in [9.17, 15) is 17.6 Å². The van der Waals surface area contributed by atoms with E-state index < -0.39 is 28.5 Å². The van der Waals surface area contributed by atoms with Gasteiger partial charge in [-0.15, -0.1) is 0 Å². The highest BCUT2D eigenvalue weighted by Gasteiger charge is 2.29. The van der Waals surface area contributed by atoms with Crippen molar-refractivity contribution in [2.75, 3.05) is 24.9 Å². The van der Waals surface area contributed by atoms with E-state index in [2.05, 4.69) is 5.32 Å². The standard InChI is InChI=1S/C15H24FN3O3S/c1-11(2)12(3)17-15(20)10-19(23(21,22)18(4)5)14-9-7-6-8-13(14)16/h6-9,11-12H,10H2,1-5H3,(H,17,20). The lowest BCUT2D eigenvalue weighted by molar-refractivity contribution is -0.120. The minimum absolute atomic E-state index is 0.118. The molecule has 0 bridgehead atoms. The molecule has 0 aromatic heterocycles. The zero-order chi connectivity index (χ0) is 17.8. The van der Waals surface area contributed by atoms with Crippen LogP contribution in [0.3, 0.4) is 0 Å². The van der Waals surface area contributed by atoms with Crippen LogP contribution in [0, 0.1) is 11.7 Å². The summed E-state index contributed by atoms with van der Waals surface area (Å²) in [6.45, 7) is 5.22. The van der Waals surface area contributed by atoms with Crippen LogP contribution in [-0.2, 0) is 15.0 Å². The minimum Gasteiger partial charge on any atom is -0.352 e. The van der Waals surface area contributed by atoms with Crippen LogP contribution < -0.4 is 9.62 Å². The Kier molecular flexibility index (Phi) is 6.52. The van der Waals surface area contributed by atoms with Crippen molar-refractivity contribution in [2.45, 2.75) is 26.8 Å². The van der Waals surface area contributed by atoms with Crippen LogP contribution in [-0.4, -0.2) is 45.3 Å². The molecule has 0 saturated carbocycles. The van der Waals surface area contributed by atoms with Crippen LogP contribution in [0.15, 0.2) is 24.3 Å². The lowest BCUT2D eigenvalue weighted by atomic mass is 10.1. The zero-order valence-corrected chi connectivity index (χ0v) is 14.9. The number of halogens is 1. The van der Waals surface area contributed by atoms with Crippen molar-refractivity contribution in [1.29, 1.82) is 0 Å². The van der Waals surface area contributed by atoms with Gasteiger partial charge in [0.15, 0.2) is 0 Å². The van der Waals surface area contributed by atoms with E-state index in [4.69, 9.17) is 0 Å². The number of hydrogen-bond donors (Lipinski definition) is 1. The van der Waals surface area contributed by atoms with Crippen LogP contribution in [0.4, 0.5) is 10.1 Å². The molecule has 0 aliphatic carbocycles. The van der Waals surface area contributed by atoms with Gasteiger partial charge in [0.2, 0.25) is 5.91 Å². The molecule has 0 heterocycles. The van der Waals surface area contributed by atoms with Crippen LogP contribution in [0.1, 0.15) is 20.8 Å². The van der Waals surface area contributed by atoms with Gasteiger partial charge >= 0.3 is 10.2 Å². The SMILES string of the molecule is CC(C)C(C)NC(=O)CN(c1ccccc1F)S(=O)(=O)N(C)C. The Morgan fingerprint density at radius 1 is 1.22 bits per heavy atom. The summed E-state index contributed by atoms with van der Waals surface area (Å²) in [6.07, 6.45) is 0. The predicted molar refractivity (Wildman–Crippen MR) is 88.8 cm³/mol. The number of nitrogens with zero attached hydrogens (tertiary/aromatic N) is 2. The summed E-state index contributed by atoms with van der Waals surface area (Å²) in [5, 5.41) is 2.72. The van der Waals surface area contributed by atoms with Crippen molar-refractivity contribution in [3.63, 3.8) is 0 Å². The largest absolute Gasteiger partial charge is 0.352 e. The summed E-state index contributed by atoms with van der Waals surface area (Å²) in [4.78, 5) is 12.2. The highest BCUT2D eigenvalue weighted by atomic mass is 32.2.